The van der Waals surface area contributed by atoms with Crippen LogP contribution in [-0.4, -0.2) is 26.3 Å². The van der Waals surface area contributed by atoms with Crippen molar-refractivity contribution < 1.29 is 8.78 Å². The van der Waals surface area contributed by atoms with E-state index >= 15 is 0 Å². The van der Waals surface area contributed by atoms with Gasteiger partial charge in [-0.2, -0.15) is 4.98 Å². The molecule has 9 heteroatoms. The number of thiophene rings is 1. The maximum Gasteiger partial charge on any atom is 0.225 e. The van der Waals surface area contributed by atoms with Crippen LogP contribution in [0.2, 0.25) is 0 Å². The number of hydrogen-bond donors (Lipinski definition) is 2. The lowest BCUT2D eigenvalue weighted by atomic mass is 10.1. The van der Waals surface area contributed by atoms with E-state index in [9.17, 15) is 8.78 Å². The third-order valence-corrected chi connectivity index (χ3v) is 5.89. The smallest absolute Gasteiger partial charge is 0.225 e. The van der Waals surface area contributed by atoms with Crippen molar-refractivity contribution in [2.24, 2.45) is 0 Å². The van der Waals surface area contributed by atoms with Crippen LogP contribution in [0.15, 0.2) is 66.0 Å². The van der Waals surface area contributed by atoms with E-state index in [0.717, 1.165) is 6.42 Å². The molecule has 0 saturated carbocycles. The Kier molecular flexibility index (Phi) is 5.24. The van der Waals surface area contributed by atoms with Gasteiger partial charge in [0.15, 0.2) is 5.65 Å². The van der Waals surface area contributed by atoms with E-state index in [1.807, 2.05) is 11.4 Å². The molecular formula is C23H18F2N6S. The molecule has 3 aromatic heterocycles. The summed E-state index contributed by atoms with van der Waals surface area (Å²) in [7, 11) is 0. The number of nitrogens with two attached hydrogens (primary N) is 1. The van der Waals surface area contributed by atoms with Crippen molar-refractivity contribution in [2.75, 3.05) is 17.6 Å². The number of fused-ring (bicyclic) bond motifs is 1. The number of hydrogen-bond acceptors (Lipinski definition) is 6. The monoisotopic (exact) mass is 448 g/mol. The highest BCUT2D eigenvalue weighted by atomic mass is 32.1. The molecule has 0 amide bonds. The first-order valence-electron chi connectivity index (χ1n) is 9.93. The summed E-state index contributed by atoms with van der Waals surface area (Å²) in [5.74, 6) is -0.196. The van der Waals surface area contributed by atoms with Crippen LogP contribution in [0.25, 0.3) is 28.0 Å². The summed E-state index contributed by atoms with van der Waals surface area (Å²) in [6.45, 7) is 0.620. The Morgan fingerprint density at radius 3 is 2.53 bits per heavy atom. The average Bonchev–Trinajstić information content (AvgIpc) is 3.41. The molecule has 32 heavy (non-hydrogen) atoms. The number of benzene rings is 2. The van der Waals surface area contributed by atoms with Crippen LogP contribution in [0.4, 0.5) is 20.5 Å². The largest absolute Gasteiger partial charge is 0.383 e. The Balaban J connectivity index is 1.61. The van der Waals surface area contributed by atoms with Gasteiger partial charge in [-0.1, -0.05) is 24.3 Å². The Morgan fingerprint density at radius 2 is 1.78 bits per heavy atom. The summed E-state index contributed by atoms with van der Waals surface area (Å²) in [5.41, 5.74) is 8.18. The minimum absolute atomic E-state index is 0.245. The van der Waals surface area contributed by atoms with Crippen molar-refractivity contribution in [3.05, 3.63) is 82.6 Å². The Bertz CT molecular complexity index is 1400. The summed E-state index contributed by atoms with van der Waals surface area (Å²) in [4.78, 5) is 10.4. The van der Waals surface area contributed by atoms with Gasteiger partial charge in [0.1, 0.15) is 17.5 Å². The van der Waals surface area contributed by atoms with Crippen LogP contribution < -0.4 is 11.1 Å². The molecule has 0 fully saturated rings. The number of nitrogens with zero attached hydrogens (tertiary/aromatic N) is 4. The SMILES string of the molecule is Nc1c2c(-c3cccc(F)c3)nc(NCCc3cccs3)nc2nn1-c1cccc(F)c1. The molecule has 5 aromatic rings. The van der Waals surface area contributed by atoms with Gasteiger partial charge in [-0.3, -0.25) is 0 Å². The fraction of sp³-hybridized carbons (Fsp3) is 0.0870. The van der Waals surface area contributed by atoms with Crippen LogP contribution in [0.5, 0.6) is 0 Å². The van der Waals surface area contributed by atoms with Crippen molar-refractivity contribution in [1.29, 1.82) is 0 Å². The molecule has 6 nitrogen and oxygen atoms in total. The number of rotatable bonds is 6. The van der Waals surface area contributed by atoms with Gasteiger partial charge in [0, 0.05) is 17.0 Å². The standard InChI is InChI=1S/C23H18F2N6S/c24-15-5-1-4-14(12-15)20-19-21(26)31(17-7-2-6-16(25)13-17)30-22(19)29-23(28-20)27-10-9-18-8-3-11-32-18/h1-8,11-13H,9-10,26H2,(H,27,29,30). The van der Waals surface area contributed by atoms with Gasteiger partial charge in [-0.05, 0) is 48.2 Å². The van der Waals surface area contributed by atoms with Crippen LogP contribution in [0.1, 0.15) is 4.88 Å². The molecule has 0 atom stereocenters. The molecule has 0 saturated heterocycles. The summed E-state index contributed by atoms with van der Waals surface area (Å²) in [6.07, 6.45) is 0.814. The van der Waals surface area contributed by atoms with Crippen LogP contribution >= 0.6 is 11.3 Å². The first kappa shape index (κ1) is 20.1. The van der Waals surface area contributed by atoms with Crippen LogP contribution in [0.3, 0.4) is 0 Å². The molecule has 0 radical (unpaired) electrons. The second-order valence-electron chi connectivity index (χ2n) is 7.14. The number of nitrogens with one attached hydrogen (secondary N) is 1. The fourth-order valence-electron chi connectivity index (χ4n) is 3.49. The molecule has 0 aliphatic rings. The van der Waals surface area contributed by atoms with Crippen molar-refractivity contribution in [3.8, 4) is 16.9 Å². The highest BCUT2D eigenvalue weighted by Gasteiger charge is 2.19. The topological polar surface area (TPSA) is 81.7 Å². The quantitative estimate of drug-likeness (QED) is 0.380. The first-order chi connectivity index (χ1) is 15.6. The molecule has 160 valence electrons. The molecule has 5 rings (SSSR count). The molecule has 3 heterocycles. The zero-order valence-corrected chi connectivity index (χ0v) is 17.6. The molecule has 2 aromatic carbocycles. The van der Waals surface area contributed by atoms with Crippen molar-refractivity contribution >= 4 is 34.1 Å². The van der Waals surface area contributed by atoms with Crippen LogP contribution in [0, 0.1) is 11.6 Å². The lowest BCUT2D eigenvalue weighted by molar-refractivity contribution is 0.625. The second kappa shape index (κ2) is 8.35. The van der Waals surface area contributed by atoms with E-state index < -0.39 is 11.6 Å². The van der Waals surface area contributed by atoms with Gasteiger partial charge in [-0.15, -0.1) is 16.4 Å². The van der Waals surface area contributed by atoms with E-state index in [4.69, 9.17) is 5.73 Å². The van der Waals surface area contributed by atoms with Crippen molar-refractivity contribution in [1.82, 2.24) is 19.7 Å². The van der Waals surface area contributed by atoms with Crippen molar-refractivity contribution in [3.63, 3.8) is 0 Å². The van der Waals surface area contributed by atoms with E-state index in [2.05, 4.69) is 26.4 Å². The first-order valence-corrected chi connectivity index (χ1v) is 10.8. The van der Waals surface area contributed by atoms with Gasteiger partial charge in [0.05, 0.1) is 16.8 Å². The van der Waals surface area contributed by atoms with Crippen LogP contribution in [-0.2, 0) is 6.42 Å². The minimum atomic E-state index is -0.408. The second-order valence-corrected chi connectivity index (χ2v) is 8.17. The number of aromatic nitrogens is 4. The summed E-state index contributed by atoms with van der Waals surface area (Å²) < 4.78 is 29.2. The Labute approximate surface area is 186 Å². The predicted octanol–water partition coefficient (Wildman–Crippen LogP) is 5.06. The summed E-state index contributed by atoms with van der Waals surface area (Å²) in [6, 6.07) is 16.1. The predicted molar refractivity (Wildman–Crippen MR) is 123 cm³/mol. The Hall–Kier alpha value is -3.85. The van der Waals surface area contributed by atoms with Gasteiger partial charge in [-0.25, -0.2) is 18.4 Å². The summed E-state index contributed by atoms with van der Waals surface area (Å²) >= 11 is 1.68. The number of nitrogen functional groups attached to an aromatic ring is 1. The zero-order valence-electron chi connectivity index (χ0n) is 16.8. The third-order valence-electron chi connectivity index (χ3n) is 4.95. The van der Waals surface area contributed by atoms with Crippen molar-refractivity contribution in [2.45, 2.75) is 6.42 Å². The average molecular weight is 449 g/mol. The lowest BCUT2D eigenvalue weighted by Gasteiger charge is -2.08. The minimum Gasteiger partial charge on any atom is -0.383 e. The maximum absolute atomic E-state index is 14.0. The Morgan fingerprint density at radius 1 is 0.969 bits per heavy atom. The molecule has 0 bridgehead atoms. The molecule has 3 N–H and O–H groups in total. The zero-order chi connectivity index (χ0) is 22.1. The highest BCUT2D eigenvalue weighted by Crippen LogP contribution is 2.33. The van der Waals surface area contributed by atoms with Gasteiger partial charge in [0.25, 0.3) is 0 Å². The molecule has 0 spiro atoms. The molecule has 0 unspecified atom stereocenters. The number of anilines is 2. The van der Waals surface area contributed by atoms with E-state index in [1.165, 1.54) is 33.8 Å². The third kappa shape index (κ3) is 3.90. The van der Waals surface area contributed by atoms with E-state index in [1.54, 1.807) is 35.6 Å². The van der Waals surface area contributed by atoms with Gasteiger partial charge < -0.3 is 11.1 Å². The molecular weight excluding hydrogens is 430 g/mol. The molecule has 0 aliphatic heterocycles. The summed E-state index contributed by atoms with van der Waals surface area (Å²) in [5, 5.41) is 10.2. The normalized spacial score (nSPS) is 11.2. The maximum atomic E-state index is 14.0. The number of halogens is 2. The lowest BCUT2D eigenvalue weighted by Crippen LogP contribution is -2.08. The van der Waals surface area contributed by atoms with E-state index in [0.29, 0.717) is 40.5 Å². The highest BCUT2D eigenvalue weighted by molar-refractivity contribution is 7.09. The van der Waals surface area contributed by atoms with Gasteiger partial charge in [0.2, 0.25) is 5.95 Å². The van der Waals surface area contributed by atoms with E-state index in [-0.39, 0.29) is 5.82 Å². The molecule has 0 aliphatic carbocycles. The van der Waals surface area contributed by atoms with Gasteiger partial charge >= 0.3 is 0 Å². The fourth-order valence-corrected chi connectivity index (χ4v) is 4.20.